The van der Waals surface area contributed by atoms with E-state index in [9.17, 15) is 12.8 Å². The van der Waals surface area contributed by atoms with Gasteiger partial charge in [-0.15, -0.1) is 0 Å². The fraction of sp³-hybridized carbons (Fsp3) is 0.333. The van der Waals surface area contributed by atoms with Crippen molar-refractivity contribution in [3.8, 4) is 0 Å². The second-order valence-electron chi connectivity index (χ2n) is 2.97. The van der Waals surface area contributed by atoms with E-state index >= 15 is 0 Å². The number of benzene rings is 1. The molecular formula is C9H10FO2S. The molecule has 1 radical (unpaired) electrons. The molecule has 71 valence electrons. The summed E-state index contributed by atoms with van der Waals surface area (Å²) < 4.78 is 35.6. The van der Waals surface area contributed by atoms with Crippen molar-refractivity contribution in [2.45, 2.75) is 24.0 Å². The Bertz CT molecular complexity index is 396. The summed E-state index contributed by atoms with van der Waals surface area (Å²) in [4.78, 5) is 0.0127. The number of sulfone groups is 1. The van der Waals surface area contributed by atoms with Crippen molar-refractivity contribution in [3.63, 3.8) is 0 Å². The number of hydrogen-bond acceptors (Lipinski definition) is 2. The van der Waals surface area contributed by atoms with Crippen LogP contribution in [0.15, 0.2) is 23.1 Å². The first-order valence-corrected chi connectivity index (χ1v) is 5.40. The van der Waals surface area contributed by atoms with Gasteiger partial charge in [-0.3, -0.25) is 0 Å². The third-order valence-corrected chi connectivity index (χ3v) is 3.84. The highest BCUT2D eigenvalue weighted by atomic mass is 32.2. The van der Waals surface area contributed by atoms with Crippen LogP contribution in [0.2, 0.25) is 0 Å². The van der Waals surface area contributed by atoms with Gasteiger partial charge in [0.1, 0.15) is 5.82 Å². The molecule has 0 fully saturated rings. The predicted molar refractivity (Wildman–Crippen MR) is 47.6 cm³/mol. The summed E-state index contributed by atoms with van der Waals surface area (Å²) in [6.45, 7) is 3.12. The van der Waals surface area contributed by atoms with Crippen LogP contribution < -0.4 is 0 Å². The van der Waals surface area contributed by atoms with Crippen molar-refractivity contribution in [2.75, 3.05) is 0 Å². The molecule has 0 aliphatic rings. The van der Waals surface area contributed by atoms with Crippen LogP contribution in [-0.4, -0.2) is 13.7 Å². The van der Waals surface area contributed by atoms with E-state index in [-0.39, 0.29) is 4.90 Å². The molecule has 1 rings (SSSR count). The summed E-state index contributed by atoms with van der Waals surface area (Å²) in [5.74, 6) is -0.651. The Balaban J connectivity index is 3.24. The van der Waals surface area contributed by atoms with E-state index in [1.54, 1.807) is 13.8 Å². The van der Waals surface area contributed by atoms with Gasteiger partial charge in [0, 0.05) is 6.07 Å². The molecule has 0 amide bonds. The topological polar surface area (TPSA) is 34.1 Å². The Hall–Kier alpha value is -0.900. The molecule has 0 aliphatic heterocycles. The van der Waals surface area contributed by atoms with Gasteiger partial charge in [-0.25, -0.2) is 12.8 Å². The molecule has 0 saturated heterocycles. The van der Waals surface area contributed by atoms with E-state index in [4.69, 9.17) is 0 Å². The highest BCUT2D eigenvalue weighted by molar-refractivity contribution is 7.92. The SMILES string of the molecule is CC(C)S(=O)(=O)c1cc[c]c(F)c1. The second kappa shape index (κ2) is 3.46. The average molecular weight is 201 g/mol. The van der Waals surface area contributed by atoms with E-state index in [1.807, 2.05) is 0 Å². The third-order valence-electron chi connectivity index (χ3n) is 1.69. The standard InChI is InChI=1S/C9H10FO2S/c1-7(2)13(11,12)9-5-3-4-8(10)6-9/h3,5-7H,1-2H3. The maximum absolute atomic E-state index is 12.6. The molecule has 1 aromatic carbocycles. The first kappa shape index (κ1) is 10.2. The zero-order valence-corrected chi connectivity index (χ0v) is 8.23. The summed E-state index contributed by atoms with van der Waals surface area (Å²) in [6, 6.07) is 5.85. The lowest BCUT2D eigenvalue weighted by molar-refractivity contribution is 0.582. The van der Waals surface area contributed by atoms with Gasteiger partial charge < -0.3 is 0 Å². The molecule has 0 spiro atoms. The Morgan fingerprint density at radius 2 is 2.08 bits per heavy atom. The van der Waals surface area contributed by atoms with Gasteiger partial charge in [-0.1, -0.05) is 6.07 Å². The molecule has 0 atom stereocenters. The van der Waals surface area contributed by atoms with Crippen LogP contribution in [0.5, 0.6) is 0 Å². The molecule has 1 aromatic rings. The third kappa shape index (κ3) is 2.06. The predicted octanol–water partition coefficient (Wildman–Crippen LogP) is 1.81. The summed E-state index contributed by atoms with van der Waals surface area (Å²) in [7, 11) is -3.36. The normalized spacial score (nSPS) is 12.0. The van der Waals surface area contributed by atoms with Crippen molar-refractivity contribution in [1.29, 1.82) is 0 Å². The molecule has 0 bridgehead atoms. The van der Waals surface area contributed by atoms with E-state index in [0.29, 0.717) is 0 Å². The first-order chi connectivity index (χ1) is 5.94. The Labute approximate surface area is 77.3 Å². The highest BCUT2D eigenvalue weighted by Crippen LogP contribution is 2.15. The fourth-order valence-corrected chi connectivity index (χ4v) is 1.94. The lowest BCUT2D eigenvalue weighted by Crippen LogP contribution is -2.13. The van der Waals surface area contributed by atoms with Crippen LogP contribution in [0, 0.1) is 11.9 Å². The highest BCUT2D eigenvalue weighted by Gasteiger charge is 2.18. The summed E-state index contributed by atoms with van der Waals surface area (Å²) in [5, 5.41) is -0.533. The van der Waals surface area contributed by atoms with Gasteiger partial charge in [0.05, 0.1) is 10.1 Å². The van der Waals surface area contributed by atoms with Gasteiger partial charge in [0.25, 0.3) is 0 Å². The van der Waals surface area contributed by atoms with Crippen molar-refractivity contribution in [1.82, 2.24) is 0 Å². The van der Waals surface area contributed by atoms with Gasteiger partial charge in [-0.05, 0) is 26.0 Å². The van der Waals surface area contributed by atoms with Crippen LogP contribution in [0.1, 0.15) is 13.8 Å². The second-order valence-corrected chi connectivity index (χ2v) is 5.47. The van der Waals surface area contributed by atoms with Crippen LogP contribution in [0.4, 0.5) is 4.39 Å². The van der Waals surface area contributed by atoms with Crippen molar-refractivity contribution in [2.24, 2.45) is 0 Å². The van der Waals surface area contributed by atoms with Gasteiger partial charge in [-0.2, -0.15) is 0 Å². The molecule has 2 nitrogen and oxygen atoms in total. The zero-order chi connectivity index (χ0) is 10.1. The molecule has 0 N–H and O–H groups in total. The Kier molecular flexibility index (Phi) is 2.71. The minimum Gasteiger partial charge on any atom is -0.223 e. The van der Waals surface area contributed by atoms with Crippen LogP contribution >= 0.6 is 0 Å². The molecule has 0 aromatic heterocycles. The van der Waals surface area contributed by atoms with Crippen molar-refractivity contribution < 1.29 is 12.8 Å². The maximum atomic E-state index is 12.6. The quantitative estimate of drug-likeness (QED) is 0.731. The number of halogens is 1. The largest absolute Gasteiger partial charge is 0.223 e. The fourth-order valence-electron chi connectivity index (χ4n) is 0.867. The summed E-state index contributed by atoms with van der Waals surface area (Å²) >= 11 is 0. The van der Waals surface area contributed by atoms with Crippen LogP contribution in [0.3, 0.4) is 0 Å². The van der Waals surface area contributed by atoms with Gasteiger partial charge >= 0.3 is 0 Å². The first-order valence-electron chi connectivity index (χ1n) is 3.85. The van der Waals surface area contributed by atoms with Gasteiger partial charge in [0.15, 0.2) is 9.84 Å². The Morgan fingerprint density at radius 3 is 2.54 bits per heavy atom. The lowest BCUT2D eigenvalue weighted by atomic mass is 10.3. The number of hydrogen-bond donors (Lipinski definition) is 0. The van der Waals surface area contributed by atoms with Gasteiger partial charge in [0.2, 0.25) is 0 Å². The zero-order valence-electron chi connectivity index (χ0n) is 7.41. The summed E-state index contributed by atoms with van der Waals surface area (Å²) in [6.07, 6.45) is 0. The van der Waals surface area contributed by atoms with E-state index in [1.165, 1.54) is 12.1 Å². The lowest BCUT2D eigenvalue weighted by Gasteiger charge is -2.06. The number of rotatable bonds is 2. The van der Waals surface area contributed by atoms with Crippen molar-refractivity contribution in [3.05, 3.63) is 30.1 Å². The minimum absolute atomic E-state index is 0.0127. The molecule has 0 heterocycles. The van der Waals surface area contributed by atoms with E-state index < -0.39 is 20.9 Å². The average Bonchev–Trinajstić information content (AvgIpc) is 2.04. The molecule has 4 heteroatoms. The monoisotopic (exact) mass is 201 g/mol. The van der Waals surface area contributed by atoms with Crippen molar-refractivity contribution >= 4 is 9.84 Å². The Morgan fingerprint density at radius 1 is 1.46 bits per heavy atom. The van der Waals surface area contributed by atoms with E-state index in [0.717, 1.165) is 6.07 Å². The van der Waals surface area contributed by atoms with Crippen LogP contribution in [-0.2, 0) is 9.84 Å². The minimum atomic E-state index is -3.36. The molecule has 0 unspecified atom stereocenters. The maximum Gasteiger partial charge on any atom is 0.180 e. The molecular weight excluding hydrogens is 191 g/mol. The summed E-state index contributed by atoms with van der Waals surface area (Å²) in [5.41, 5.74) is 0. The van der Waals surface area contributed by atoms with Crippen LogP contribution in [0.25, 0.3) is 0 Å². The van der Waals surface area contributed by atoms with E-state index in [2.05, 4.69) is 6.07 Å². The molecule has 0 aliphatic carbocycles. The smallest absolute Gasteiger partial charge is 0.180 e. The molecule has 13 heavy (non-hydrogen) atoms. The molecule has 0 saturated carbocycles.